The van der Waals surface area contributed by atoms with Gasteiger partial charge in [-0.15, -0.1) is 6.58 Å². The van der Waals surface area contributed by atoms with Gasteiger partial charge in [-0.2, -0.15) is 0 Å². The molecule has 1 aliphatic carbocycles. The van der Waals surface area contributed by atoms with Crippen LogP contribution >= 0.6 is 0 Å². The molecule has 1 rings (SSSR count). The van der Waals surface area contributed by atoms with E-state index in [1.165, 1.54) is 0 Å². The van der Waals surface area contributed by atoms with Crippen molar-refractivity contribution >= 4 is 5.78 Å². The molecule has 2 nitrogen and oxygen atoms in total. The Bertz CT molecular complexity index is 206. The summed E-state index contributed by atoms with van der Waals surface area (Å²) in [4.78, 5) is 11.0. The predicted molar refractivity (Wildman–Crippen MR) is 47.6 cm³/mol. The molecule has 12 heavy (non-hydrogen) atoms. The van der Waals surface area contributed by atoms with Gasteiger partial charge in [0, 0.05) is 13.0 Å². The largest absolute Gasteiger partial charge is 0.396 e. The van der Waals surface area contributed by atoms with E-state index < -0.39 is 0 Å². The van der Waals surface area contributed by atoms with Gasteiger partial charge in [-0.3, -0.25) is 4.79 Å². The SMILES string of the molecule is C=CCC1C=CC(=O)CC1CO. The Hall–Kier alpha value is -0.890. The van der Waals surface area contributed by atoms with Crippen LogP contribution in [0.5, 0.6) is 0 Å². The van der Waals surface area contributed by atoms with Crippen LogP contribution in [0.4, 0.5) is 0 Å². The zero-order valence-corrected chi connectivity index (χ0v) is 7.07. The molecule has 0 saturated carbocycles. The number of hydrogen-bond donors (Lipinski definition) is 1. The lowest BCUT2D eigenvalue weighted by atomic mass is 9.82. The summed E-state index contributed by atoms with van der Waals surface area (Å²) >= 11 is 0. The minimum absolute atomic E-state index is 0.0919. The van der Waals surface area contributed by atoms with Gasteiger partial charge in [0.2, 0.25) is 0 Å². The maximum Gasteiger partial charge on any atom is 0.155 e. The van der Waals surface area contributed by atoms with Crippen molar-refractivity contribution in [2.75, 3.05) is 6.61 Å². The van der Waals surface area contributed by atoms with Crippen molar-refractivity contribution in [3.63, 3.8) is 0 Å². The molecule has 2 heteroatoms. The van der Waals surface area contributed by atoms with Gasteiger partial charge in [0.15, 0.2) is 5.78 Å². The molecule has 0 aromatic rings. The number of hydrogen-bond acceptors (Lipinski definition) is 2. The second-order valence-corrected chi connectivity index (χ2v) is 3.16. The van der Waals surface area contributed by atoms with Gasteiger partial charge in [-0.05, 0) is 24.3 Å². The molecule has 0 saturated heterocycles. The Morgan fingerprint density at radius 2 is 2.50 bits per heavy atom. The first kappa shape index (κ1) is 9.20. The summed E-state index contributed by atoms with van der Waals surface area (Å²) in [5.74, 6) is 0.514. The standard InChI is InChI=1S/C10H14O2/c1-2-3-8-4-5-10(12)6-9(8)7-11/h2,4-5,8-9,11H,1,3,6-7H2. The summed E-state index contributed by atoms with van der Waals surface area (Å²) in [5.41, 5.74) is 0. The normalized spacial score (nSPS) is 28.9. The fourth-order valence-corrected chi connectivity index (χ4v) is 1.53. The lowest BCUT2D eigenvalue weighted by Crippen LogP contribution is -2.23. The van der Waals surface area contributed by atoms with E-state index in [4.69, 9.17) is 5.11 Å². The molecular formula is C10H14O2. The van der Waals surface area contributed by atoms with Crippen molar-refractivity contribution < 1.29 is 9.90 Å². The summed E-state index contributed by atoms with van der Waals surface area (Å²) in [7, 11) is 0. The van der Waals surface area contributed by atoms with Gasteiger partial charge in [0.05, 0.1) is 0 Å². The number of ketones is 1. The first-order valence-corrected chi connectivity index (χ1v) is 4.20. The summed E-state index contributed by atoms with van der Waals surface area (Å²) in [6, 6.07) is 0. The van der Waals surface area contributed by atoms with Crippen molar-refractivity contribution in [3.8, 4) is 0 Å². The number of allylic oxidation sites excluding steroid dienone is 3. The third kappa shape index (κ3) is 2.05. The van der Waals surface area contributed by atoms with Crippen molar-refractivity contribution in [3.05, 3.63) is 24.8 Å². The topological polar surface area (TPSA) is 37.3 Å². The number of carbonyl (C=O) groups excluding carboxylic acids is 1. The molecule has 1 aliphatic rings. The molecule has 0 spiro atoms. The first-order valence-electron chi connectivity index (χ1n) is 4.20. The van der Waals surface area contributed by atoms with E-state index >= 15 is 0 Å². The minimum atomic E-state index is 0.0919. The Balaban J connectivity index is 2.63. The van der Waals surface area contributed by atoms with Crippen LogP contribution in [0, 0.1) is 11.8 Å². The Kier molecular flexibility index (Phi) is 3.23. The van der Waals surface area contributed by atoms with E-state index in [0.29, 0.717) is 12.3 Å². The maximum absolute atomic E-state index is 11.0. The van der Waals surface area contributed by atoms with Gasteiger partial charge in [0.25, 0.3) is 0 Å². The second kappa shape index (κ2) is 4.21. The van der Waals surface area contributed by atoms with Gasteiger partial charge in [-0.25, -0.2) is 0 Å². The summed E-state index contributed by atoms with van der Waals surface area (Å²) in [5, 5.41) is 8.99. The van der Waals surface area contributed by atoms with E-state index in [-0.39, 0.29) is 18.3 Å². The molecule has 66 valence electrons. The third-order valence-corrected chi connectivity index (χ3v) is 2.27. The monoisotopic (exact) mass is 166 g/mol. The van der Waals surface area contributed by atoms with E-state index in [0.717, 1.165) is 6.42 Å². The van der Waals surface area contributed by atoms with Crippen LogP contribution in [0.15, 0.2) is 24.8 Å². The van der Waals surface area contributed by atoms with E-state index in [1.54, 1.807) is 6.08 Å². The average molecular weight is 166 g/mol. The highest BCUT2D eigenvalue weighted by atomic mass is 16.3. The van der Waals surface area contributed by atoms with E-state index in [1.807, 2.05) is 12.2 Å². The van der Waals surface area contributed by atoms with Crippen LogP contribution in [-0.4, -0.2) is 17.5 Å². The number of rotatable bonds is 3. The summed E-state index contributed by atoms with van der Waals surface area (Å²) in [6.45, 7) is 3.73. The van der Waals surface area contributed by atoms with Crippen LogP contribution in [0.3, 0.4) is 0 Å². The molecule has 0 aromatic heterocycles. The van der Waals surface area contributed by atoms with Gasteiger partial charge in [0.1, 0.15) is 0 Å². The van der Waals surface area contributed by atoms with Crippen molar-refractivity contribution in [1.29, 1.82) is 0 Å². The molecule has 0 bridgehead atoms. The lowest BCUT2D eigenvalue weighted by molar-refractivity contribution is -0.116. The predicted octanol–water partition coefficient (Wildman–Crippen LogP) is 1.32. The van der Waals surface area contributed by atoms with E-state index in [9.17, 15) is 4.79 Å². The zero-order valence-electron chi connectivity index (χ0n) is 7.07. The second-order valence-electron chi connectivity index (χ2n) is 3.16. The third-order valence-electron chi connectivity index (χ3n) is 2.27. The first-order chi connectivity index (χ1) is 5.77. The van der Waals surface area contributed by atoms with Crippen LogP contribution in [0.2, 0.25) is 0 Å². The highest BCUT2D eigenvalue weighted by Gasteiger charge is 2.23. The molecule has 0 radical (unpaired) electrons. The van der Waals surface area contributed by atoms with Crippen molar-refractivity contribution in [2.45, 2.75) is 12.8 Å². The van der Waals surface area contributed by atoms with Gasteiger partial charge >= 0.3 is 0 Å². The smallest absolute Gasteiger partial charge is 0.155 e. The quantitative estimate of drug-likeness (QED) is 0.642. The molecular weight excluding hydrogens is 152 g/mol. The minimum Gasteiger partial charge on any atom is -0.396 e. The highest BCUT2D eigenvalue weighted by Crippen LogP contribution is 2.25. The van der Waals surface area contributed by atoms with Gasteiger partial charge < -0.3 is 5.11 Å². The summed E-state index contributed by atoms with van der Waals surface area (Å²) < 4.78 is 0. The van der Waals surface area contributed by atoms with Crippen molar-refractivity contribution in [1.82, 2.24) is 0 Å². The van der Waals surface area contributed by atoms with Crippen LogP contribution in [0.25, 0.3) is 0 Å². The molecule has 1 N–H and O–H groups in total. The fraction of sp³-hybridized carbons (Fsp3) is 0.500. The van der Waals surface area contributed by atoms with Crippen LogP contribution in [0.1, 0.15) is 12.8 Å². The molecule has 0 aliphatic heterocycles. The molecule has 0 fully saturated rings. The zero-order chi connectivity index (χ0) is 8.97. The Labute approximate surface area is 72.6 Å². The average Bonchev–Trinajstić information content (AvgIpc) is 2.08. The maximum atomic E-state index is 11.0. The fourth-order valence-electron chi connectivity index (χ4n) is 1.53. The Morgan fingerprint density at radius 1 is 1.75 bits per heavy atom. The highest BCUT2D eigenvalue weighted by molar-refractivity contribution is 5.90. The molecule has 2 unspecified atom stereocenters. The van der Waals surface area contributed by atoms with E-state index in [2.05, 4.69) is 6.58 Å². The molecule has 2 atom stereocenters. The van der Waals surface area contributed by atoms with Gasteiger partial charge in [-0.1, -0.05) is 12.2 Å². The number of carbonyl (C=O) groups is 1. The Morgan fingerprint density at radius 3 is 3.08 bits per heavy atom. The lowest BCUT2D eigenvalue weighted by Gasteiger charge is -2.23. The van der Waals surface area contributed by atoms with Crippen molar-refractivity contribution in [2.24, 2.45) is 11.8 Å². The van der Waals surface area contributed by atoms with Crippen LogP contribution in [-0.2, 0) is 4.79 Å². The molecule has 0 aromatic carbocycles. The molecule has 0 heterocycles. The number of aliphatic hydroxyl groups is 1. The number of aliphatic hydroxyl groups excluding tert-OH is 1. The summed E-state index contributed by atoms with van der Waals surface area (Å²) in [6.07, 6.45) is 6.64. The van der Waals surface area contributed by atoms with Crippen LogP contribution < -0.4 is 0 Å². The molecule has 0 amide bonds.